The van der Waals surface area contributed by atoms with E-state index in [2.05, 4.69) is 13.8 Å². The van der Waals surface area contributed by atoms with Gasteiger partial charge in [-0.3, -0.25) is 4.99 Å². The third kappa shape index (κ3) is 1.21. The van der Waals surface area contributed by atoms with E-state index < -0.39 is 0 Å². The van der Waals surface area contributed by atoms with Crippen LogP contribution in [0.1, 0.15) is 39.5 Å². The molecule has 1 aliphatic heterocycles. The summed E-state index contributed by atoms with van der Waals surface area (Å²) in [5.41, 5.74) is 1.49. The molecule has 0 amide bonds. The van der Waals surface area contributed by atoms with Crippen molar-refractivity contribution in [2.75, 3.05) is 0 Å². The van der Waals surface area contributed by atoms with Gasteiger partial charge in [0.25, 0.3) is 0 Å². The monoisotopic (exact) mass is 151 g/mol. The lowest BCUT2D eigenvalue weighted by molar-refractivity contribution is 0.534. The first-order valence-corrected chi connectivity index (χ1v) is 4.84. The van der Waals surface area contributed by atoms with Crippen molar-refractivity contribution in [2.45, 2.75) is 45.6 Å². The first-order chi connectivity index (χ1) is 5.27. The Hall–Kier alpha value is -0.330. The zero-order valence-electron chi connectivity index (χ0n) is 7.51. The lowest BCUT2D eigenvalue weighted by atomic mass is 9.97. The summed E-state index contributed by atoms with van der Waals surface area (Å²) >= 11 is 0. The Morgan fingerprint density at radius 2 is 2.18 bits per heavy atom. The van der Waals surface area contributed by atoms with E-state index in [1.165, 1.54) is 31.4 Å². The molecule has 2 unspecified atom stereocenters. The molecule has 1 heterocycles. The van der Waals surface area contributed by atoms with Gasteiger partial charge in [0.15, 0.2) is 0 Å². The first kappa shape index (κ1) is 7.33. The van der Waals surface area contributed by atoms with Crippen LogP contribution in [0.4, 0.5) is 0 Å². The van der Waals surface area contributed by atoms with E-state index >= 15 is 0 Å². The Bertz CT molecular complexity index is 181. The zero-order chi connectivity index (χ0) is 7.84. The van der Waals surface area contributed by atoms with Gasteiger partial charge in [-0.15, -0.1) is 0 Å². The molecule has 2 aliphatic rings. The summed E-state index contributed by atoms with van der Waals surface area (Å²) in [6.45, 7) is 4.53. The number of hydrogen-bond acceptors (Lipinski definition) is 1. The molecule has 62 valence electrons. The second kappa shape index (κ2) is 2.62. The Morgan fingerprint density at radius 1 is 1.36 bits per heavy atom. The van der Waals surface area contributed by atoms with Crippen LogP contribution in [0.3, 0.4) is 0 Å². The van der Waals surface area contributed by atoms with Crippen LogP contribution in [-0.2, 0) is 0 Å². The van der Waals surface area contributed by atoms with Crippen LogP contribution in [-0.4, -0.2) is 11.8 Å². The van der Waals surface area contributed by atoms with Crippen LogP contribution in [0.5, 0.6) is 0 Å². The quantitative estimate of drug-likeness (QED) is 0.546. The number of nitrogens with zero attached hydrogens (tertiary/aromatic N) is 1. The minimum atomic E-state index is 0.695. The molecular weight excluding hydrogens is 134 g/mol. The molecule has 0 radical (unpaired) electrons. The maximum atomic E-state index is 4.77. The standard InChI is InChI=1S/C10H17N/c1-7(2)10-6-8-4-3-5-9(8)11-10/h7-9H,3-6H2,1-2H3. The van der Waals surface area contributed by atoms with Gasteiger partial charge in [0.2, 0.25) is 0 Å². The molecule has 1 heteroatoms. The molecule has 2 rings (SSSR count). The smallest absolute Gasteiger partial charge is 0.0530 e. The Balaban J connectivity index is 2.07. The summed E-state index contributed by atoms with van der Waals surface area (Å²) in [5, 5.41) is 0. The molecular formula is C10H17N. The van der Waals surface area contributed by atoms with Crippen LogP contribution in [0.15, 0.2) is 4.99 Å². The highest BCUT2D eigenvalue weighted by molar-refractivity contribution is 5.88. The minimum absolute atomic E-state index is 0.695. The van der Waals surface area contributed by atoms with E-state index in [9.17, 15) is 0 Å². The highest BCUT2D eigenvalue weighted by Gasteiger charge is 2.33. The molecule has 1 fully saturated rings. The van der Waals surface area contributed by atoms with E-state index in [1.54, 1.807) is 0 Å². The Labute approximate surface area is 68.9 Å². The lowest BCUT2D eigenvalue weighted by Crippen LogP contribution is -2.06. The summed E-state index contributed by atoms with van der Waals surface area (Å²) in [7, 11) is 0. The number of hydrogen-bond donors (Lipinski definition) is 0. The van der Waals surface area contributed by atoms with Gasteiger partial charge >= 0.3 is 0 Å². The third-order valence-electron chi connectivity index (χ3n) is 3.09. The topological polar surface area (TPSA) is 12.4 Å². The molecule has 0 spiro atoms. The Kier molecular flexibility index (Phi) is 1.74. The van der Waals surface area contributed by atoms with Crippen molar-refractivity contribution < 1.29 is 0 Å². The fourth-order valence-corrected chi connectivity index (χ4v) is 2.34. The van der Waals surface area contributed by atoms with Gasteiger partial charge in [-0.05, 0) is 31.1 Å². The van der Waals surface area contributed by atoms with Crippen molar-refractivity contribution in [1.82, 2.24) is 0 Å². The summed E-state index contributed by atoms with van der Waals surface area (Å²) < 4.78 is 0. The third-order valence-corrected chi connectivity index (χ3v) is 3.09. The largest absolute Gasteiger partial charge is 0.290 e. The molecule has 2 atom stereocenters. The van der Waals surface area contributed by atoms with Gasteiger partial charge in [-0.2, -0.15) is 0 Å². The molecule has 1 aliphatic carbocycles. The second-order valence-electron chi connectivity index (χ2n) is 4.24. The average molecular weight is 151 g/mol. The molecule has 0 aromatic carbocycles. The van der Waals surface area contributed by atoms with Crippen molar-refractivity contribution in [1.29, 1.82) is 0 Å². The maximum absolute atomic E-state index is 4.77. The van der Waals surface area contributed by atoms with Gasteiger partial charge in [-0.1, -0.05) is 20.3 Å². The van der Waals surface area contributed by atoms with Gasteiger partial charge in [0.05, 0.1) is 6.04 Å². The highest BCUT2D eigenvalue weighted by atomic mass is 14.9. The van der Waals surface area contributed by atoms with Crippen LogP contribution in [0.2, 0.25) is 0 Å². The van der Waals surface area contributed by atoms with E-state index in [0.717, 1.165) is 12.0 Å². The average Bonchev–Trinajstić information content (AvgIpc) is 2.40. The Morgan fingerprint density at radius 3 is 2.82 bits per heavy atom. The van der Waals surface area contributed by atoms with Crippen molar-refractivity contribution in [3.63, 3.8) is 0 Å². The SMILES string of the molecule is CC(C)C1=NC2CCCC2C1. The first-order valence-electron chi connectivity index (χ1n) is 4.84. The number of fused-ring (bicyclic) bond motifs is 1. The molecule has 11 heavy (non-hydrogen) atoms. The molecule has 1 nitrogen and oxygen atoms in total. The van der Waals surface area contributed by atoms with E-state index in [1.807, 2.05) is 0 Å². The van der Waals surface area contributed by atoms with Gasteiger partial charge in [0, 0.05) is 5.71 Å². The number of rotatable bonds is 1. The molecule has 0 aromatic rings. The van der Waals surface area contributed by atoms with Crippen LogP contribution in [0, 0.1) is 11.8 Å². The van der Waals surface area contributed by atoms with Crippen molar-refractivity contribution in [3.8, 4) is 0 Å². The summed E-state index contributed by atoms with van der Waals surface area (Å²) in [5.74, 6) is 1.63. The minimum Gasteiger partial charge on any atom is -0.290 e. The van der Waals surface area contributed by atoms with Gasteiger partial charge in [0.1, 0.15) is 0 Å². The molecule has 0 aromatic heterocycles. The normalized spacial score (nSPS) is 36.1. The predicted molar refractivity (Wildman–Crippen MR) is 48.0 cm³/mol. The molecule has 1 saturated carbocycles. The van der Waals surface area contributed by atoms with Gasteiger partial charge in [-0.25, -0.2) is 0 Å². The maximum Gasteiger partial charge on any atom is 0.0530 e. The molecule has 0 N–H and O–H groups in total. The summed E-state index contributed by atoms with van der Waals surface area (Å²) in [6, 6.07) is 0.729. The molecule has 0 saturated heterocycles. The van der Waals surface area contributed by atoms with Crippen molar-refractivity contribution in [2.24, 2.45) is 16.8 Å². The van der Waals surface area contributed by atoms with Crippen molar-refractivity contribution >= 4 is 5.71 Å². The fourth-order valence-electron chi connectivity index (χ4n) is 2.34. The summed E-state index contributed by atoms with van der Waals surface area (Å²) in [4.78, 5) is 4.77. The van der Waals surface area contributed by atoms with Crippen LogP contribution < -0.4 is 0 Å². The van der Waals surface area contributed by atoms with E-state index in [-0.39, 0.29) is 0 Å². The predicted octanol–water partition coefficient (Wildman–Crippen LogP) is 2.66. The zero-order valence-corrected chi connectivity index (χ0v) is 7.51. The second-order valence-corrected chi connectivity index (χ2v) is 4.24. The van der Waals surface area contributed by atoms with Gasteiger partial charge < -0.3 is 0 Å². The fraction of sp³-hybridized carbons (Fsp3) is 0.900. The highest BCUT2D eigenvalue weighted by Crippen LogP contribution is 2.37. The van der Waals surface area contributed by atoms with Crippen molar-refractivity contribution in [3.05, 3.63) is 0 Å². The number of aliphatic imine (C=N–C) groups is 1. The van der Waals surface area contributed by atoms with E-state index in [0.29, 0.717) is 5.92 Å². The van der Waals surface area contributed by atoms with Crippen LogP contribution >= 0.6 is 0 Å². The lowest BCUT2D eigenvalue weighted by Gasteiger charge is -2.05. The van der Waals surface area contributed by atoms with Crippen LogP contribution in [0.25, 0.3) is 0 Å². The summed E-state index contributed by atoms with van der Waals surface area (Å²) in [6.07, 6.45) is 5.53. The molecule has 0 bridgehead atoms. The van der Waals surface area contributed by atoms with E-state index in [4.69, 9.17) is 4.99 Å².